The molecule has 2 aromatic rings. The van der Waals surface area contributed by atoms with Gasteiger partial charge in [-0.2, -0.15) is 0 Å². The molecule has 0 spiro atoms. The fraction of sp³-hybridized carbons (Fsp3) is 0.421. The topological polar surface area (TPSA) is 41.1 Å². The van der Waals surface area contributed by atoms with Gasteiger partial charge < -0.3 is 10.6 Å². The third-order valence-electron chi connectivity index (χ3n) is 5.45. The van der Waals surface area contributed by atoms with Gasteiger partial charge in [-0.15, -0.1) is 0 Å². The van der Waals surface area contributed by atoms with E-state index in [4.69, 9.17) is 0 Å². The zero-order valence-corrected chi connectivity index (χ0v) is 12.7. The Morgan fingerprint density at radius 1 is 1.05 bits per heavy atom. The van der Waals surface area contributed by atoms with Crippen LogP contribution >= 0.6 is 0 Å². The molecule has 0 radical (unpaired) electrons. The summed E-state index contributed by atoms with van der Waals surface area (Å²) < 4.78 is 0. The lowest BCUT2D eigenvalue weighted by molar-refractivity contribution is 0.245. The third kappa shape index (κ3) is 2.56. The van der Waals surface area contributed by atoms with Gasteiger partial charge in [0.2, 0.25) is 0 Å². The van der Waals surface area contributed by atoms with Crippen molar-refractivity contribution in [3.05, 3.63) is 42.5 Å². The van der Waals surface area contributed by atoms with Crippen LogP contribution in [0.15, 0.2) is 42.5 Å². The minimum atomic E-state index is -0.0841. The average molecular weight is 294 g/mol. The lowest BCUT2D eigenvalue weighted by Crippen LogP contribution is -2.34. The number of urea groups is 1. The van der Waals surface area contributed by atoms with Gasteiger partial charge in [0.1, 0.15) is 0 Å². The molecule has 2 saturated carbocycles. The first-order valence-electron chi connectivity index (χ1n) is 8.32. The maximum absolute atomic E-state index is 12.2. The molecule has 2 fully saturated rings. The van der Waals surface area contributed by atoms with Crippen LogP contribution in [0.2, 0.25) is 0 Å². The van der Waals surface area contributed by atoms with E-state index in [9.17, 15) is 4.79 Å². The van der Waals surface area contributed by atoms with Gasteiger partial charge in [0.05, 0.1) is 5.69 Å². The van der Waals surface area contributed by atoms with Crippen molar-refractivity contribution in [2.24, 2.45) is 17.8 Å². The normalized spacial score (nSPS) is 26.3. The predicted molar refractivity (Wildman–Crippen MR) is 89.9 cm³/mol. The van der Waals surface area contributed by atoms with E-state index in [0.29, 0.717) is 5.92 Å². The van der Waals surface area contributed by atoms with E-state index in [-0.39, 0.29) is 6.03 Å². The summed E-state index contributed by atoms with van der Waals surface area (Å²) in [5.74, 6) is 2.47. The monoisotopic (exact) mass is 294 g/mol. The number of hydrogen-bond donors (Lipinski definition) is 2. The van der Waals surface area contributed by atoms with E-state index in [1.165, 1.54) is 25.7 Å². The Hall–Kier alpha value is -2.03. The van der Waals surface area contributed by atoms with Crippen molar-refractivity contribution >= 4 is 22.5 Å². The van der Waals surface area contributed by atoms with Crippen molar-refractivity contribution in [2.75, 3.05) is 11.9 Å². The van der Waals surface area contributed by atoms with Crippen LogP contribution < -0.4 is 10.6 Å². The third-order valence-corrected chi connectivity index (χ3v) is 5.45. The first-order valence-corrected chi connectivity index (χ1v) is 8.32. The molecule has 2 aliphatic rings. The molecule has 3 heteroatoms. The van der Waals surface area contributed by atoms with Gasteiger partial charge in [-0.1, -0.05) is 42.8 Å². The summed E-state index contributed by atoms with van der Waals surface area (Å²) in [5, 5.41) is 8.31. The molecule has 2 aliphatic carbocycles. The largest absolute Gasteiger partial charge is 0.338 e. The van der Waals surface area contributed by atoms with E-state index < -0.39 is 0 Å². The number of benzene rings is 2. The van der Waals surface area contributed by atoms with Gasteiger partial charge in [0.15, 0.2) is 0 Å². The standard InChI is InChI=1S/C19H22N2O/c22-19(20-12-16-11-13-8-9-15(16)10-13)21-18-7-3-5-14-4-1-2-6-17(14)18/h1-7,13,15-16H,8-12H2,(H2,20,21,22)/t13-,15-,16-/m1/s1. The van der Waals surface area contributed by atoms with Crippen molar-refractivity contribution in [3.8, 4) is 0 Å². The smallest absolute Gasteiger partial charge is 0.319 e. The fourth-order valence-corrected chi connectivity index (χ4v) is 4.35. The Morgan fingerprint density at radius 3 is 2.73 bits per heavy atom. The number of rotatable bonds is 3. The summed E-state index contributed by atoms with van der Waals surface area (Å²) in [6.07, 6.45) is 5.46. The first kappa shape index (κ1) is 13.6. The Balaban J connectivity index is 1.39. The second-order valence-electron chi connectivity index (χ2n) is 6.80. The molecule has 2 aromatic carbocycles. The van der Waals surface area contributed by atoms with Crippen LogP contribution in [-0.4, -0.2) is 12.6 Å². The van der Waals surface area contributed by atoms with E-state index in [2.05, 4.69) is 22.8 Å². The Labute approximate surface area is 131 Å². The van der Waals surface area contributed by atoms with Gasteiger partial charge in [-0.25, -0.2) is 4.79 Å². The molecule has 0 aromatic heterocycles. The molecular formula is C19H22N2O. The SMILES string of the molecule is O=C(NC[C@H]1C[C@@H]2CC[C@@H]1C2)Nc1cccc2ccccc12. The number of carbonyl (C=O) groups excluding carboxylic acids is 1. The molecule has 0 heterocycles. The number of nitrogens with one attached hydrogen (secondary N) is 2. The quantitative estimate of drug-likeness (QED) is 0.865. The Kier molecular flexibility index (Phi) is 3.49. The molecule has 114 valence electrons. The average Bonchev–Trinajstić information content (AvgIpc) is 3.16. The highest BCUT2D eigenvalue weighted by Crippen LogP contribution is 2.47. The number of anilines is 1. The van der Waals surface area contributed by atoms with Crippen LogP contribution in [0.3, 0.4) is 0 Å². The summed E-state index contributed by atoms with van der Waals surface area (Å²) in [7, 11) is 0. The van der Waals surface area contributed by atoms with Crippen LogP contribution in [0.1, 0.15) is 25.7 Å². The molecule has 3 nitrogen and oxygen atoms in total. The molecule has 22 heavy (non-hydrogen) atoms. The first-order chi connectivity index (χ1) is 10.8. The van der Waals surface area contributed by atoms with Crippen LogP contribution in [-0.2, 0) is 0 Å². The van der Waals surface area contributed by atoms with E-state index >= 15 is 0 Å². The maximum atomic E-state index is 12.2. The van der Waals surface area contributed by atoms with Crippen LogP contribution in [0, 0.1) is 17.8 Å². The van der Waals surface area contributed by atoms with Crippen molar-refractivity contribution < 1.29 is 4.79 Å². The molecule has 4 rings (SSSR count). The van der Waals surface area contributed by atoms with Crippen molar-refractivity contribution in [2.45, 2.75) is 25.7 Å². The number of fused-ring (bicyclic) bond motifs is 3. The number of hydrogen-bond acceptors (Lipinski definition) is 1. The van der Waals surface area contributed by atoms with E-state index in [0.717, 1.165) is 34.8 Å². The highest BCUT2D eigenvalue weighted by molar-refractivity contribution is 6.01. The molecule has 2 N–H and O–H groups in total. The number of carbonyl (C=O) groups is 1. The van der Waals surface area contributed by atoms with Crippen molar-refractivity contribution in [3.63, 3.8) is 0 Å². The molecule has 0 unspecified atom stereocenters. The molecule has 3 atom stereocenters. The molecular weight excluding hydrogens is 272 g/mol. The van der Waals surface area contributed by atoms with E-state index in [1.54, 1.807) is 0 Å². The second-order valence-corrected chi connectivity index (χ2v) is 6.80. The van der Waals surface area contributed by atoms with Crippen LogP contribution in [0.5, 0.6) is 0 Å². The highest BCUT2D eigenvalue weighted by Gasteiger charge is 2.39. The lowest BCUT2D eigenvalue weighted by atomic mass is 9.89. The summed E-state index contributed by atoms with van der Waals surface area (Å²) in [4.78, 5) is 12.2. The molecule has 0 aliphatic heterocycles. The van der Waals surface area contributed by atoms with Crippen molar-refractivity contribution in [1.29, 1.82) is 0 Å². The van der Waals surface area contributed by atoms with Gasteiger partial charge in [-0.05, 0) is 48.5 Å². The van der Waals surface area contributed by atoms with Gasteiger partial charge >= 0.3 is 6.03 Å². The van der Waals surface area contributed by atoms with Gasteiger partial charge in [0, 0.05) is 11.9 Å². The zero-order chi connectivity index (χ0) is 14.9. The zero-order valence-electron chi connectivity index (χ0n) is 12.7. The minimum absolute atomic E-state index is 0.0841. The molecule has 2 bridgehead atoms. The predicted octanol–water partition coefficient (Wildman–Crippen LogP) is 4.40. The summed E-state index contributed by atoms with van der Waals surface area (Å²) in [6, 6.07) is 14.0. The van der Waals surface area contributed by atoms with Crippen molar-refractivity contribution in [1.82, 2.24) is 5.32 Å². The summed E-state index contributed by atoms with van der Waals surface area (Å²) in [5.41, 5.74) is 0.878. The van der Waals surface area contributed by atoms with Crippen LogP contribution in [0.4, 0.5) is 10.5 Å². The highest BCUT2D eigenvalue weighted by atomic mass is 16.2. The Bertz CT molecular complexity index is 691. The van der Waals surface area contributed by atoms with Gasteiger partial charge in [0.25, 0.3) is 0 Å². The van der Waals surface area contributed by atoms with Crippen LogP contribution in [0.25, 0.3) is 10.8 Å². The van der Waals surface area contributed by atoms with E-state index in [1.807, 2.05) is 30.3 Å². The summed E-state index contributed by atoms with van der Waals surface area (Å²) >= 11 is 0. The maximum Gasteiger partial charge on any atom is 0.319 e. The number of amides is 2. The molecule has 2 amide bonds. The summed E-state index contributed by atoms with van der Waals surface area (Å²) in [6.45, 7) is 0.817. The minimum Gasteiger partial charge on any atom is -0.338 e. The molecule has 0 saturated heterocycles. The lowest BCUT2D eigenvalue weighted by Gasteiger charge is -2.22. The fourth-order valence-electron chi connectivity index (χ4n) is 4.35. The Morgan fingerprint density at radius 2 is 1.91 bits per heavy atom. The van der Waals surface area contributed by atoms with Gasteiger partial charge in [-0.3, -0.25) is 0 Å². The second kappa shape index (κ2) is 5.64.